The molecular formula is C13H22N2O3. The molecule has 0 aliphatic carbocycles. The minimum absolute atomic E-state index is 0.0332. The Morgan fingerprint density at radius 3 is 2.50 bits per heavy atom. The fourth-order valence-corrected chi connectivity index (χ4v) is 3.14. The van der Waals surface area contributed by atoms with Crippen molar-refractivity contribution in [1.29, 1.82) is 0 Å². The zero-order valence-electron chi connectivity index (χ0n) is 11.0. The molecule has 5 nitrogen and oxygen atoms in total. The van der Waals surface area contributed by atoms with Crippen LogP contribution in [-0.4, -0.2) is 58.5 Å². The number of carbonyl (C=O) groups is 2. The lowest BCUT2D eigenvalue weighted by molar-refractivity contribution is -0.150. The predicted molar refractivity (Wildman–Crippen MR) is 67.3 cm³/mol. The molecule has 0 aromatic rings. The van der Waals surface area contributed by atoms with Crippen molar-refractivity contribution in [1.82, 2.24) is 9.80 Å². The third kappa shape index (κ3) is 2.51. The van der Waals surface area contributed by atoms with Gasteiger partial charge in [0, 0.05) is 6.54 Å². The van der Waals surface area contributed by atoms with Crippen LogP contribution in [0.4, 0.5) is 0 Å². The zero-order valence-corrected chi connectivity index (χ0v) is 11.0. The van der Waals surface area contributed by atoms with Gasteiger partial charge in [-0.15, -0.1) is 0 Å². The van der Waals surface area contributed by atoms with Crippen LogP contribution in [0.2, 0.25) is 0 Å². The third-order valence-corrected chi connectivity index (χ3v) is 3.98. The van der Waals surface area contributed by atoms with E-state index >= 15 is 0 Å². The van der Waals surface area contributed by atoms with Gasteiger partial charge in [-0.05, 0) is 45.2 Å². The monoisotopic (exact) mass is 254 g/mol. The van der Waals surface area contributed by atoms with Crippen molar-refractivity contribution in [2.45, 2.75) is 51.1 Å². The molecule has 0 saturated carbocycles. The van der Waals surface area contributed by atoms with E-state index in [2.05, 4.69) is 11.8 Å². The Bertz CT molecular complexity index is 332. The average molecular weight is 254 g/mol. The van der Waals surface area contributed by atoms with Gasteiger partial charge < -0.3 is 10.0 Å². The number of carboxylic acids is 1. The number of carboxylic acid groups (broad SMARTS) is 1. The fraction of sp³-hybridized carbons (Fsp3) is 0.846. The quantitative estimate of drug-likeness (QED) is 0.811. The molecule has 0 spiro atoms. The minimum Gasteiger partial charge on any atom is -0.480 e. The molecule has 2 atom stereocenters. The SMILES string of the molecule is CCCN1CCCC1C(=O)N1CCCC1C(=O)O. The summed E-state index contributed by atoms with van der Waals surface area (Å²) < 4.78 is 0. The van der Waals surface area contributed by atoms with Gasteiger partial charge >= 0.3 is 5.97 Å². The molecular weight excluding hydrogens is 232 g/mol. The molecule has 0 bridgehead atoms. The number of hydrogen-bond acceptors (Lipinski definition) is 3. The van der Waals surface area contributed by atoms with Gasteiger partial charge in [0.1, 0.15) is 6.04 Å². The van der Waals surface area contributed by atoms with E-state index in [1.807, 2.05) is 0 Å². The summed E-state index contributed by atoms with van der Waals surface area (Å²) in [6, 6.07) is -0.675. The molecule has 2 fully saturated rings. The molecule has 2 heterocycles. The maximum atomic E-state index is 12.5. The predicted octanol–water partition coefficient (Wildman–Crippen LogP) is 0.936. The van der Waals surface area contributed by atoms with E-state index in [9.17, 15) is 9.59 Å². The van der Waals surface area contributed by atoms with E-state index in [4.69, 9.17) is 5.11 Å². The van der Waals surface area contributed by atoms with Crippen LogP contribution in [0.1, 0.15) is 39.0 Å². The number of hydrogen-bond donors (Lipinski definition) is 1. The number of carbonyl (C=O) groups excluding carboxylic acids is 1. The molecule has 102 valence electrons. The summed E-state index contributed by atoms with van der Waals surface area (Å²) in [6.07, 6.45) is 4.36. The number of nitrogens with zero attached hydrogens (tertiary/aromatic N) is 2. The van der Waals surface area contributed by atoms with Crippen molar-refractivity contribution in [3.63, 3.8) is 0 Å². The van der Waals surface area contributed by atoms with Gasteiger partial charge in [0.2, 0.25) is 5.91 Å². The Morgan fingerprint density at radius 1 is 1.17 bits per heavy atom. The van der Waals surface area contributed by atoms with Gasteiger partial charge in [-0.1, -0.05) is 6.92 Å². The normalized spacial score (nSPS) is 28.8. The largest absolute Gasteiger partial charge is 0.480 e. The average Bonchev–Trinajstić information content (AvgIpc) is 2.96. The van der Waals surface area contributed by atoms with E-state index in [-0.39, 0.29) is 11.9 Å². The highest BCUT2D eigenvalue weighted by molar-refractivity contribution is 5.87. The first-order chi connectivity index (χ1) is 8.65. The maximum Gasteiger partial charge on any atom is 0.326 e. The lowest BCUT2D eigenvalue weighted by Crippen LogP contribution is -2.49. The number of amides is 1. The van der Waals surface area contributed by atoms with Crippen molar-refractivity contribution in [3.05, 3.63) is 0 Å². The van der Waals surface area contributed by atoms with Crippen molar-refractivity contribution in [2.24, 2.45) is 0 Å². The van der Waals surface area contributed by atoms with Crippen molar-refractivity contribution >= 4 is 11.9 Å². The van der Waals surface area contributed by atoms with E-state index in [1.54, 1.807) is 4.90 Å². The lowest BCUT2D eigenvalue weighted by Gasteiger charge is -2.29. The van der Waals surface area contributed by atoms with E-state index < -0.39 is 12.0 Å². The van der Waals surface area contributed by atoms with Crippen LogP contribution in [0.5, 0.6) is 0 Å². The first-order valence-electron chi connectivity index (χ1n) is 6.92. The van der Waals surface area contributed by atoms with Crippen LogP contribution in [0.25, 0.3) is 0 Å². The summed E-state index contributed by atoms with van der Waals surface area (Å²) >= 11 is 0. The molecule has 0 radical (unpaired) electrons. The van der Waals surface area contributed by atoms with Crippen LogP contribution < -0.4 is 0 Å². The fourth-order valence-electron chi connectivity index (χ4n) is 3.14. The van der Waals surface area contributed by atoms with Crippen molar-refractivity contribution in [2.75, 3.05) is 19.6 Å². The Kier molecular flexibility index (Phi) is 4.22. The van der Waals surface area contributed by atoms with Crippen LogP contribution in [0, 0.1) is 0 Å². The Labute approximate surface area is 108 Å². The van der Waals surface area contributed by atoms with Crippen molar-refractivity contribution in [3.8, 4) is 0 Å². The summed E-state index contributed by atoms with van der Waals surface area (Å²) in [6.45, 7) is 4.61. The van der Waals surface area contributed by atoms with Gasteiger partial charge in [0.05, 0.1) is 6.04 Å². The maximum absolute atomic E-state index is 12.5. The van der Waals surface area contributed by atoms with Gasteiger partial charge in [-0.25, -0.2) is 4.79 Å². The number of aliphatic carboxylic acids is 1. The molecule has 0 aromatic heterocycles. The topological polar surface area (TPSA) is 60.9 Å². The van der Waals surface area contributed by atoms with E-state index in [0.29, 0.717) is 13.0 Å². The highest BCUT2D eigenvalue weighted by Crippen LogP contribution is 2.24. The summed E-state index contributed by atoms with van der Waals surface area (Å²) in [5.74, 6) is -0.827. The number of rotatable bonds is 4. The highest BCUT2D eigenvalue weighted by Gasteiger charge is 2.40. The molecule has 2 aliphatic rings. The Balaban J connectivity index is 2.03. The van der Waals surface area contributed by atoms with Gasteiger partial charge in [-0.3, -0.25) is 9.69 Å². The second kappa shape index (κ2) is 5.69. The van der Waals surface area contributed by atoms with E-state index in [1.165, 1.54) is 0 Å². The van der Waals surface area contributed by atoms with Crippen molar-refractivity contribution < 1.29 is 14.7 Å². The van der Waals surface area contributed by atoms with Gasteiger partial charge in [0.25, 0.3) is 0 Å². The molecule has 5 heteroatoms. The molecule has 2 aliphatic heterocycles. The summed E-state index contributed by atoms with van der Waals surface area (Å²) in [5, 5.41) is 9.14. The first-order valence-corrected chi connectivity index (χ1v) is 6.92. The second-order valence-corrected chi connectivity index (χ2v) is 5.22. The summed E-state index contributed by atoms with van der Waals surface area (Å²) in [7, 11) is 0. The van der Waals surface area contributed by atoms with E-state index in [0.717, 1.165) is 38.8 Å². The van der Waals surface area contributed by atoms with Crippen LogP contribution >= 0.6 is 0 Å². The Hall–Kier alpha value is -1.10. The highest BCUT2D eigenvalue weighted by atomic mass is 16.4. The first kappa shape index (κ1) is 13.3. The molecule has 2 saturated heterocycles. The van der Waals surface area contributed by atoms with Gasteiger partial charge in [-0.2, -0.15) is 0 Å². The standard InChI is InChI=1S/C13H22N2O3/c1-2-7-14-8-3-5-10(14)12(16)15-9-4-6-11(15)13(17)18/h10-11H,2-9H2,1H3,(H,17,18). The van der Waals surface area contributed by atoms with Crippen LogP contribution in [-0.2, 0) is 9.59 Å². The molecule has 2 rings (SSSR count). The summed E-state index contributed by atoms with van der Waals surface area (Å²) in [4.78, 5) is 27.4. The third-order valence-electron chi connectivity index (χ3n) is 3.98. The molecule has 0 aromatic carbocycles. The minimum atomic E-state index is -0.860. The Morgan fingerprint density at radius 2 is 1.83 bits per heavy atom. The van der Waals surface area contributed by atoms with Crippen LogP contribution in [0.3, 0.4) is 0 Å². The molecule has 1 N–H and O–H groups in total. The molecule has 18 heavy (non-hydrogen) atoms. The lowest BCUT2D eigenvalue weighted by atomic mass is 10.1. The van der Waals surface area contributed by atoms with Crippen LogP contribution in [0.15, 0.2) is 0 Å². The second-order valence-electron chi connectivity index (χ2n) is 5.22. The summed E-state index contributed by atoms with van der Waals surface area (Å²) in [5.41, 5.74) is 0. The zero-order chi connectivity index (χ0) is 13.1. The smallest absolute Gasteiger partial charge is 0.326 e. The molecule has 2 unspecified atom stereocenters. The van der Waals surface area contributed by atoms with Gasteiger partial charge in [0.15, 0.2) is 0 Å². The number of likely N-dealkylation sites (tertiary alicyclic amines) is 2. The molecule has 1 amide bonds.